The highest BCUT2D eigenvalue weighted by atomic mass is 32.2. The van der Waals surface area contributed by atoms with Crippen molar-refractivity contribution in [1.82, 2.24) is 0 Å². The molecule has 0 saturated heterocycles. The van der Waals surface area contributed by atoms with Crippen LogP contribution >= 0.6 is 0 Å². The lowest BCUT2D eigenvalue weighted by Crippen LogP contribution is -1.99. The summed E-state index contributed by atoms with van der Waals surface area (Å²) in [5.74, 6) is -0.456. The Bertz CT molecular complexity index is 2740. The van der Waals surface area contributed by atoms with Crippen molar-refractivity contribution in [1.29, 1.82) is 0 Å². The van der Waals surface area contributed by atoms with Crippen molar-refractivity contribution in [3.05, 3.63) is 125 Å². The number of hydrogen-bond acceptors (Lipinski definition) is 12. The number of rotatable bonds is 10. The first-order valence-corrected chi connectivity index (χ1v) is 19.1. The minimum absolute atomic E-state index is 0.241. The highest BCUT2D eigenvalue weighted by Gasteiger charge is 2.22. The summed E-state index contributed by atoms with van der Waals surface area (Å²) in [4.78, 5) is -0.838. The molecule has 6 aromatic rings. The van der Waals surface area contributed by atoms with Crippen molar-refractivity contribution in [2.45, 2.75) is 37.5 Å². The third-order valence-corrected chi connectivity index (χ3v) is 10.1. The van der Waals surface area contributed by atoms with Gasteiger partial charge in [-0.25, -0.2) is 0 Å². The second kappa shape index (κ2) is 15.0. The lowest BCUT2D eigenvalue weighted by molar-refractivity contribution is 0.472. The minimum Gasteiger partial charge on any atom is -0.505 e. The van der Waals surface area contributed by atoms with Crippen LogP contribution in [0.4, 0.5) is 45.5 Å². The number of azo groups is 3. The molecule has 0 heterocycles. The monoisotopic (exact) mass is 763 g/mol. The third-order valence-electron chi connectivity index (χ3n) is 8.35. The average Bonchev–Trinajstić information content (AvgIpc) is 3.12. The Balaban J connectivity index is 1.23. The summed E-state index contributed by atoms with van der Waals surface area (Å²) in [7, 11) is -9.12. The lowest BCUT2D eigenvalue weighted by atomic mass is 10.1. The molecule has 0 atom stereocenters. The molecule has 4 N–H and O–H groups in total. The van der Waals surface area contributed by atoms with E-state index in [2.05, 4.69) is 36.0 Å². The Kier molecular flexibility index (Phi) is 10.5. The highest BCUT2D eigenvalue weighted by molar-refractivity contribution is 7.86. The number of fused-ring (bicyclic) bond motifs is 1. The van der Waals surface area contributed by atoms with Gasteiger partial charge in [0.15, 0.2) is 5.75 Å². The van der Waals surface area contributed by atoms with E-state index in [0.717, 1.165) is 16.8 Å². The van der Waals surface area contributed by atoms with E-state index in [0.29, 0.717) is 56.0 Å². The molecule has 0 aliphatic carbocycles. The summed E-state index contributed by atoms with van der Waals surface area (Å²) in [5.41, 5.74) is 6.41. The van der Waals surface area contributed by atoms with Gasteiger partial charge >= 0.3 is 0 Å². The van der Waals surface area contributed by atoms with Gasteiger partial charge in [0.25, 0.3) is 20.2 Å². The summed E-state index contributed by atoms with van der Waals surface area (Å²) in [6, 6.07) is 28.0. The van der Waals surface area contributed by atoms with Gasteiger partial charge in [-0.2, -0.15) is 42.4 Å². The van der Waals surface area contributed by atoms with Gasteiger partial charge in [0.05, 0.1) is 33.3 Å². The molecule has 0 bridgehead atoms. The van der Waals surface area contributed by atoms with Crippen molar-refractivity contribution < 1.29 is 31.0 Å². The smallest absolute Gasteiger partial charge is 0.296 e. The standard InChI is InChI=1S/C38H33N7O7S2/c1-22-17-33(23(2)16-32(22)41-40-28-10-13-30(14-11-28)53(47,48)49)42-43-34-18-25(4)35(19-24(34)3)44-45-37-36(54(50,51)52)21-26-20-29(12-15-31(26)38(37)46)39-27-8-6-5-7-9-27/h5-21,39,46H,1-4H3,(H,47,48,49)(H,50,51,52). The molecule has 0 aliphatic heterocycles. The summed E-state index contributed by atoms with van der Waals surface area (Å²) < 4.78 is 66.7. The van der Waals surface area contributed by atoms with E-state index in [1.54, 1.807) is 50.2 Å². The van der Waals surface area contributed by atoms with Gasteiger partial charge in [0, 0.05) is 16.8 Å². The van der Waals surface area contributed by atoms with Gasteiger partial charge in [-0.05, 0) is 140 Å². The normalized spacial score (nSPS) is 12.4. The van der Waals surface area contributed by atoms with Crippen LogP contribution < -0.4 is 5.32 Å². The van der Waals surface area contributed by atoms with E-state index < -0.39 is 36.6 Å². The molecule has 14 nitrogen and oxygen atoms in total. The SMILES string of the molecule is Cc1cc(N=Nc2cc(C)c(N=Nc3c(S(=O)(=O)O)cc4cc(Nc5ccccc5)ccc4c3O)cc2C)c(C)cc1N=Nc1ccc(S(=O)(=O)O)cc1. The maximum Gasteiger partial charge on any atom is 0.296 e. The number of nitrogens with one attached hydrogen (secondary N) is 1. The predicted octanol–water partition coefficient (Wildman–Crippen LogP) is 11.3. The van der Waals surface area contributed by atoms with Gasteiger partial charge in [-0.1, -0.05) is 18.2 Å². The van der Waals surface area contributed by atoms with Gasteiger partial charge in [0.1, 0.15) is 10.6 Å². The Morgan fingerprint density at radius 3 is 1.52 bits per heavy atom. The zero-order valence-corrected chi connectivity index (χ0v) is 30.9. The van der Waals surface area contributed by atoms with E-state index in [4.69, 9.17) is 4.55 Å². The second-order valence-corrected chi connectivity index (χ2v) is 15.2. The number of aryl methyl sites for hydroxylation is 4. The molecular formula is C38H33N7O7S2. The van der Waals surface area contributed by atoms with Crippen molar-refractivity contribution >= 4 is 76.5 Å². The molecule has 0 aliphatic rings. The first-order valence-electron chi connectivity index (χ1n) is 16.2. The van der Waals surface area contributed by atoms with Gasteiger partial charge in [-0.3, -0.25) is 9.11 Å². The molecule has 274 valence electrons. The molecule has 16 heteroatoms. The van der Waals surface area contributed by atoms with Crippen molar-refractivity contribution in [3.8, 4) is 5.75 Å². The van der Waals surface area contributed by atoms with E-state index in [1.165, 1.54) is 30.3 Å². The average molecular weight is 764 g/mol. The van der Waals surface area contributed by atoms with E-state index in [-0.39, 0.29) is 4.90 Å². The number of anilines is 2. The number of aromatic hydroxyl groups is 1. The summed E-state index contributed by atoms with van der Waals surface area (Å²) in [6.07, 6.45) is 0. The van der Waals surface area contributed by atoms with Crippen molar-refractivity contribution in [2.75, 3.05) is 5.32 Å². The minimum atomic E-state index is -4.81. The Labute approximate surface area is 311 Å². The molecule has 0 aromatic heterocycles. The van der Waals surface area contributed by atoms with E-state index in [9.17, 15) is 26.5 Å². The molecular weight excluding hydrogens is 731 g/mol. The highest BCUT2D eigenvalue weighted by Crippen LogP contribution is 2.43. The quantitative estimate of drug-likeness (QED) is 0.0775. The number of hydrogen-bond donors (Lipinski definition) is 4. The maximum atomic E-state index is 12.5. The van der Waals surface area contributed by atoms with Crippen LogP contribution in [-0.2, 0) is 20.2 Å². The topological polar surface area (TPSA) is 215 Å². The molecule has 0 unspecified atom stereocenters. The fourth-order valence-electron chi connectivity index (χ4n) is 5.42. The number of para-hydroxylation sites is 1. The zero-order chi connectivity index (χ0) is 38.8. The van der Waals surface area contributed by atoms with Gasteiger partial charge < -0.3 is 10.4 Å². The molecule has 0 spiro atoms. The van der Waals surface area contributed by atoms with Crippen LogP contribution in [-0.4, -0.2) is 31.0 Å². The molecule has 6 rings (SSSR count). The van der Waals surface area contributed by atoms with Gasteiger partial charge in [0.2, 0.25) is 0 Å². The Hall–Kier alpha value is -6.20. The molecule has 6 aromatic carbocycles. The first-order chi connectivity index (χ1) is 25.6. The fraction of sp³-hybridized carbons (Fsp3) is 0.105. The second-order valence-electron chi connectivity index (χ2n) is 12.4. The predicted molar refractivity (Wildman–Crippen MR) is 206 cm³/mol. The van der Waals surface area contributed by atoms with Crippen LogP contribution in [0.3, 0.4) is 0 Å². The Morgan fingerprint density at radius 1 is 0.519 bits per heavy atom. The molecule has 0 saturated carbocycles. The van der Waals surface area contributed by atoms with Crippen LogP contribution in [0.1, 0.15) is 22.3 Å². The number of nitrogens with zero attached hydrogens (tertiary/aromatic N) is 6. The van der Waals surface area contributed by atoms with Crippen molar-refractivity contribution in [3.63, 3.8) is 0 Å². The number of phenols is 1. The third kappa shape index (κ3) is 8.53. The molecule has 0 amide bonds. The van der Waals surface area contributed by atoms with Crippen LogP contribution in [0.25, 0.3) is 10.8 Å². The van der Waals surface area contributed by atoms with Crippen LogP contribution in [0.2, 0.25) is 0 Å². The summed E-state index contributed by atoms with van der Waals surface area (Å²) in [6.45, 7) is 7.25. The lowest BCUT2D eigenvalue weighted by Gasteiger charge is -2.12. The maximum absolute atomic E-state index is 12.5. The number of phenolic OH excluding ortho intramolecular Hbond substituents is 1. The number of benzene rings is 6. The summed E-state index contributed by atoms with van der Waals surface area (Å²) >= 11 is 0. The van der Waals surface area contributed by atoms with Crippen LogP contribution in [0.15, 0.2) is 144 Å². The molecule has 0 radical (unpaired) electrons. The van der Waals surface area contributed by atoms with Crippen LogP contribution in [0, 0.1) is 27.7 Å². The largest absolute Gasteiger partial charge is 0.505 e. The Morgan fingerprint density at radius 2 is 1.02 bits per heavy atom. The van der Waals surface area contributed by atoms with E-state index in [1.807, 2.05) is 50.2 Å². The zero-order valence-electron chi connectivity index (χ0n) is 29.3. The van der Waals surface area contributed by atoms with Crippen LogP contribution in [0.5, 0.6) is 5.75 Å². The fourth-order valence-corrected chi connectivity index (χ4v) is 6.56. The molecule has 0 fully saturated rings. The van der Waals surface area contributed by atoms with E-state index >= 15 is 0 Å². The van der Waals surface area contributed by atoms with Gasteiger partial charge in [-0.15, -0.1) is 5.11 Å². The molecule has 54 heavy (non-hydrogen) atoms. The first kappa shape index (κ1) is 37.6. The van der Waals surface area contributed by atoms with Crippen molar-refractivity contribution in [2.24, 2.45) is 30.7 Å². The summed E-state index contributed by atoms with van der Waals surface area (Å²) in [5, 5.41) is 40.7.